The molecule has 1 atom stereocenters. The standard InChI is InChI=1S/C23H21ClF2N2O4S/c1-4-18(14-7-9-15(25)10-8-14)32-23-16(6-5-11-27-23)19-13(2)12-17(24)21(26)20(19)22(29)28-33(3,30)31/h5-12,18H,4H2,1-3H3,(H,28,29)/t18-/m0/s1. The van der Waals surface area contributed by atoms with Gasteiger partial charge in [0.25, 0.3) is 5.91 Å². The van der Waals surface area contributed by atoms with Crippen LogP contribution >= 0.6 is 11.6 Å². The maximum absolute atomic E-state index is 15.0. The molecule has 0 aliphatic rings. The van der Waals surface area contributed by atoms with Crippen molar-refractivity contribution in [1.29, 1.82) is 0 Å². The molecule has 0 spiro atoms. The van der Waals surface area contributed by atoms with Crippen molar-refractivity contribution in [1.82, 2.24) is 9.71 Å². The molecule has 0 saturated carbocycles. The van der Waals surface area contributed by atoms with E-state index >= 15 is 4.39 Å². The number of halogens is 3. The van der Waals surface area contributed by atoms with Crippen LogP contribution in [-0.2, 0) is 10.0 Å². The fourth-order valence-electron chi connectivity index (χ4n) is 3.41. The highest BCUT2D eigenvalue weighted by atomic mass is 35.5. The lowest BCUT2D eigenvalue weighted by Crippen LogP contribution is -2.30. The minimum atomic E-state index is -3.97. The van der Waals surface area contributed by atoms with Gasteiger partial charge in [0.1, 0.15) is 11.9 Å². The van der Waals surface area contributed by atoms with Crippen molar-refractivity contribution in [3.05, 3.63) is 82.0 Å². The third-order valence-corrected chi connectivity index (χ3v) is 5.66. The topological polar surface area (TPSA) is 85.4 Å². The molecule has 1 N–H and O–H groups in total. The molecular formula is C23H21ClF2N2O4S. The van der Waals surface area contributed by atoms with E-state index in [0.29, 0.717) is 17.5 Å². The van der Waals surface area contributed by atoms with Gasteiger partial charge in [-0.15, -0.1) is 0 Å². The summed E-state index contributed by atoms with van der Waals surface area (Å²) in [6.45, 7) is 3.47. The van der Waals surface area contributed by atoms with Gasteiger partial charge in [-0.2, -0.15) is 0 Å². The van der Waals surface area contributed by atoms with E-state index in [9.17, 15) is 17.6 Å². The highest BCUT2D eigenvalue weighted by Crippen LogP contribution is 2.39. The quantitative estimate of drug-likeness (QED) is 0.487. The molecule has 3 rings (SSSR count). The lowest BCUT2D eigenvalue weighted by molar-refractivity contribution is 0.0978. The monoisotopic (exact) mass is 494 g/mol. The van der Waals surface area contributed by atoms with Crippen LogP contribution in [0.3, 0.4) is 0 Å². The number of carbonyl (C=O) groups is 1. The van der Waals surface area contributed by atoms with E-state index in [1.165, 1.54) is 24.4 Å². The van der Waals surface area contributed by atoms with Crippen LogP contribution in [0, 0.1) is 18.6 Å². The van der Waals surface area contributed by atoms with Crippen LogP contribution in [0.2, 0.25) is 5.02 Å². The summed E-state index contributed by atoms with van der Waals surface area (Å²) in [5, 5.41) is -0.334. The maximum atomic E-state index is 15.0. The number of nitrogens with zero attached hydrogens (tertiary/aromatic N) is 1. The van der Waals surface area contributed by atoms with Gasteiger partial charge in [-0.05, 0) is 54.8 Å². The molecule has 10 heteroatoms. The number of rotatable bonds is 7. The van der Waals surface area contributed by atoms with Crippen molar-refractivity contribution in [2.75, 3.05) is 6.26 Å². The Bertz CT molecular complexity index is 1300. The number of nitrogens with one attached hydrogen (secondary N) is 1. The van der Waals surface area contributed by atoms with Crippen LogP contribution in [0.1, 0.15) is 40.9 Å². The van der Waals surface area contributed by atoms with Crippen LogP contribution in [0.25, 0.3) is 11.1 Å². The van der Waals surface area contributed by atoms with Gasteiger partial charge in [-0.3, -0.25) is 4.79 Å². The van der Waals surface area contributed by atoms with Gasteiger partial charge in [0.05, 0.1) is 16.8 Å². The number of amides is 1. The number of aryl methyl sites for hydroxylation is 1. The van der Waals surface area contributed by atoms with Crippen LogP contribution < -0.4 is 9.46 Å². The van der Waals surface area contributed by atoms with Crippen molar-refractivity contribution in [3.63, 3.8) is 0 Å². The molecule has 0 unspecified atom stereocenters. The van der Waals surface area contributed by atoms with Gasteiger partial charge >= 0.3 is 0 Å². The molecule has 0 saturated heterocycles. The number of aromatic nitrogens is 1. The second-order valence-corrected chi connectivity index (χ2v) is 9.52. The first-order chi connectivity index (χ1) is 15.5. The molecule has 3 aromatic rings. The van der Waals surface area contributed by atoms with Gasteiger partial charge in [-0.1, -0.05) is 30.7 Å². The number of benzene rings is 2. The smallest absolute Gasteiger partial charge is 0.268 e. The van der Waals surface area contributed by atoms with E-state index in [1.54, 1.807) is 35.9 Å². The molecule has 1 heterocycles. The summed E-state index contributed by atoms with van der Waals surface area (Å²) in [4.78, 5) is 17.0. The van der Waals surface area contributed by atoms with Crippen molar-refractivity contribution in [3.8, 4) is 17.0 Å². The van der Waals surface area contributed by atoms with Crippen molar-refractivity contribution < 1.29 is 26.7 Å². The largest absolute Gasteiger partial charge is 0.469 e. The molecule has 0 radical (unpaired) electrons. The Labute approximate surface area is 195 Å². The third kappa shape index (κ3) is 5.66. The highest BCUT2D eigenvalue weighted by Gasteiger charge is 2.27. The first-order valence-electron chi connectivity index (χ1n) is 9.90. The van der Waals surface area contributed by atoms with E-state index in [2.05, 4.69) is 4.98 Å². The number of ether oxygens (including phenoxy) is 1. The molecule has 174 valence electrons. The van der Waals surface area contributed by atoms with Crippen LogP contribution in [0.15, 0.2) is 48.7 Å². The third-order valence-electron chi connectivity index (χ3n) is 4.83. The SMILES string of the molecule is CC[C@H](Oc1ncccc1-c1c(C)cc(Cl)c(F)c1C(=O)NS(C)(=O)=O)c1ccc(F)cc1. The van der Waals surface area contributed by atoms with E-state index in [1.807, 2.05) is 6.92 Å². The molecule has 1 aromatic heterocycles. The van der Waals surface area contributed by atoms with Crippen molar-refractivity contribution >= 4 is 27.5 Å². The number of carbonyl (C=O) groups excluding carboxylic acids is 1. The summed E-state index contributed by atoms with van der Waals surface area (Å²) in [7, 11) is -3.97. The summed E-state index contributed by atoms with van der Waals surface area (Å²) >= 11 is 5.95. The molecule has 0 fully saturated rings. The lowest BCUT2D eigenvalue weighted by Gasteiger charge is -2.21. The van der Waals surface area contributed by atoms with E-state index in [4.69, 9.17) is 16.3 Å². The summed E-state index contributed by atoms with van der Waals surface area (Å²) in [5.74, 6) is -2.54. The normalized spacial score (nSPS) is 12.3. The second kappa shape index (κ2) is 9.84. The average Bonchev–Trinajstić information content (AvgIpc) is 2.74. The van der Waals surface area contributed by atoms with Crippen LogP contribution in [0.4, 0.5) is 8.78 Å². The maximum Gasteiger partial charge on any atom is 0.268 e. The van der Waals surface area contributed by atoms with Gasteiger partial charge in [0, 0.05) is 17.3 Å². The summed E-state index contributed by atoms with van der Waals surface area (Å²) < 4.78 is 59.5. The van der Waals surface area contributed by atoms with E-state index in [-0.39, 0.29) is 27.8 Å². The summed E-state index contributed by atoms with van der Waals surface area (Å²) in [6, 6.07) is 10.3. The van der Waals surface area contributed by atoms with Crippen molar-refractivity contribution in [2.45, 2.75) is 26.4 Å². The zero-order valence-electron chi connectivity index (χ0n) is 18.0. The molecule has 6 nitrogen and oxygen atoms in total. The van der Waals surface area contributed by atoms with Gasteiger partial charge < -0.3 is 4.74 Å². The Balaban J connectivity index is 2.16. The molecule has 0 aliphatic carbocycles. The predicted molar refractivity (Wildman–Crippen MR) is 122 cm³/mol. The predicted octanol–water partition coefficient (Wildman–Crippen LogP) is 5.21. The second-order valence-electron chi connectivity index (χ2n) is 7.37. The molecular weight excluding hydrogens is 474 g/mol. The first kappa shape index (κ1) is 24.6. The molecule has 0 bridgehead atoms. The summed E-state index contributed by atoms with van der Waals surface area (Å²) in [5.41, 5.74) is 0.926. The minimum Gasteiger partial charge on any atom is -0.469 e. The van der Waals surface area contributed by atoms with E-state index in [0.717, 1.165) is 6.26 Å². The van der Waals surface area contributed by atoms with Crippen LogP contribution in [0.5, 0.6) is 5.88 Å². The summed E-state index contributed by atoms with van der Waals surface area (Å²) in [6.07, 6.45) is 2.25. The van der Waals surface area contributed by atoms with E-state index < -0.39 is 33.4 Å². The Hall–Kier alpha value is -3.04. The zero-order chi connectivity index (χ0) is 24.3. The fraction of sp³-hybridized carbons (Fsp3) is 0.217. The fourth-order valence-corrected chi connectivity index (χ4v) is 4.10. The number of pyridine rings is 1. The Morgan fingerprint density at radius 1 is 1.21 bits per heavy atom. The van der Waals surface area contributed by atoms with Crippen LogP contribution in [-0.4, -0.2) is 25.6 Å². The van der Waals surface area contributed by atoms with Gasteiger partial charge in [0.2, 0.25) is 15.9 Å². The molecule has 33 heavy (non-hydrogen) atoms. The lowest BCUT2D eigenvalue weighted by atomic mass is 9.94. The zero-order valence-corrected chi connectivity index (χ0v) is 19.6. The first-order valence-corrected chi connectivity index (χ1v) is 12.2. The number of hydrogen-bond donors (Lipinski definition) is 1. The van der Waals surface area contributed by atoms with Crippen molar-refractivity contribution in [2.24, 2.45) is 0 Å². The van der Waals surface area contributed by atoms with Gasteiger partial charge in [-0.25, -0.2) is 26.9 Å². The number of sulfonamides is 1. The Morgan fingerprint density at radius 2 is 1.88 bits per heavy atom. The Kier molecular flexibility index (Phi) is 7.34. The Morgan fingerprint density at radius 3 is 2.48 bits per heavy atom. The molecule has 1 amide bonds. The van der Waals surface area contributed by atoms with Gasteiger partial charge in [0.15, 0.2) is 5.82 Å². The number of hydrogen-bond acceptors (Lipinski definition) is 5. The molecule has 0 aliphatic heterocycles. The minimum absolute atomic E-state index is 0.0897. The highest BCUT2D eigenvalue weighted by molar-refractivity contribution is 7.89. The average molecular weight is 495 g/mol. The molecule has 2 aromatic carbocycles.